The Labute approximate surface area is 187 Å². The monoisotopic (exact) mass is 442 g/mol. The van der Waals surface area contributed by atoms with E-state index in [0.717, 1.165) is 36.6 Å². The second-order valence-electron chi connectivity index (χ2n) is 9.46. The first-order valence-corrected chi connectivity index (χ1v) is 11.7. The molecular formula is C24H31FN4O3. The van der Waals surface area contributed by atoms with Crippen molar-refractivity contribution in [2.75, 3.05) is 20.2 Å². The fraction of sp³-hybridized carbons (Fsp3) is 0.583. The standard InChI is InChI=1S/C24H31FN4O3/c1-32-24(31)29-13-18(17-12-27-19-11-15(25)7-8-16(17)19)22-20(29)9-10-28(22)23(30)21(26)14-5-3-2-4-6-14/h7-8,11-12,14,18,20-22,27H,2-6,9-10,13,26H2,1H3/t18-,20-,21+,22-/m1/s1. The van der Waals surface area contributed by atoms with Crippen LogP contribution in [0.3, 0.4) is 0 Å². The van der Waals surface area contributed by atoms with E-state index in [9.17, 15) is 14.0 Å². The molecule has 32 heavy (non-hydrogen) atoms. The number of ether oxygens (including phenoxy) is 1. The van der Waals surface area contributed by atoms with Crippen molar-refractivity contribution in [3.8, 4) is 0 Å². The normalized spacial score (nSPS) is 27.0. The van der Waals surface area contributed by atoms with Crippen molar-refractivity contribution in [2.24, 2.45) is 11.7 Å². The van der Waals surface area contributed by atoms with E-state index in [2.05, 4.69) is 4.98 Å². The Kier molecular flexibility index (Phi) is 5.57. The van der Waals surface area contributed by atoms with Gasteiger partial charge in [0.15, 0.2) is 0 Å². The van der Waals surface area contributed by atoms with Crippen LogP contribution < -0.4 is 5.73 Å². The van der Waals surface area contributed by atoms with Gasteiger partial charge in [-0.05, 0) is 48.9 Å². The van der Waals surface area contributed by atoms with Crippen LogP contribution in [-0.2, 0) is 9.53 Å². The van der Waals surface area contributed by atoms with Crippen LogP contribution in [0.1, 0.15) is 50.0 Å². The summed E-state index contributed by atoms with van der Waals surface area (Å²) >= 11 is 0. The molecule has 2 amide bonds. The summed E-state index contributed by atoms with van der Waals surface area (Å²) in [5.41, 5.74) is 8.21. The second kappa shape index (κ2) is 8.39. The zero-order valence-electron chi connectivity index (χ0n) is 18.4. The number of carbonyl (C=O) groups is 2. The van der Waals surface area contributed by atoms with Crippen molar-refractivity contribution in [1.82, 2.24) is 14.8 Å². The zero-order chi connectivity index (χ0) is 22.4. The number of halogens is 1. The average Bonchev–Trinajstić information content (AvgIpc) is 3.52. The number of nitrogens with two attached hydrogens (primary N) is 1. The maximum absolute atomic E-state index is 13.7. The van der Waals surface area contributed by atoms with Crippen molar-refractivity contribution in [2.45, 2.75) is 62.6 Å². The van der Waals surface area contributed by atoms with Crippen LogP contribution in [0.5, 0.6) is 0 Å². The van der Waals surface area contributed by atoms with E-state index >= 15 is 0 Å². The third-order valence-electron chi connectivity index (χ3n) is 7.84. The van der Waals surface area contributed by atoms with E-state index in [0.29, 0.717) is 25.0 Å². The molecule has 0 radical (unpaired) electrons. The molecule has 0 unspecified atom stereocenters. The van der Waals surface area contributed by atoms with E-state index in [-0.39, 0.29) is 41.7 Å². The molecule has 3 aliphatic rings. The lowest BCUT2D eigenvalue weighted by molar-refractivity contribution is -0.135. The van der Waals surface area contributed by atoms with E-state index in [1.807, 2.05) is 11.1 Å². The highest BCUT2D eigenvalue weighted by Crippen LogP contribution is 2.44. The van der Waals surface area contributed by atoms with Crippen LogP contribution in [0.4, 0.5) is 9.18 Å². The topological polar surface area (TPSA) is 91.7 Å². The number of nitrogens with one attached hydrogen (secondary N) is 1. The van der Waals surface area contributed by atoms with Crippen molar-refractivity contribution in [1.29, 1.82) is 0 Å². The predicted molar refractivity (Wildman–Crippen MR) is 119 cm³/mol. The van der Waals surface area contributed by atoms with Gasteiger partial charge in [0, 0.05) is 36.1 Å². The van der Waals surface area contributed by atoms with E-state index in [1.165, 1.54) is 25.7 Å². The Morgan fingerprint density at radius 1 is 1.19 bits per heavy atom. The van der Waals surface area contributed by atoms with Gasteiger partial charge in [-0.1, -0.05) is 19.3 Å². The fourth-order valence-corrected chi connectivity index (χ4v) is 6.26. The van der Waals surface area contributed by atoms with Crippen LogP contribution in [0, 0.1) is 11.7 Å². The van der Waals surface area contributed by atoms with Crippen LogP contribution in [-0.4, -0.2) is 65.1 Å². The lowest BCUT2D eigenvalue weighted by Crippen LogP contribution is -2.52. The molecule has 5 rings (SSSR count). The predicted octanol–water partition coefficient (Wildman–Crippen LogP) is 3.35. The minimum Gasteiger partial charge on any atom is -0.453 e. The number of amides is 2. The smallest absolute Gasteiger partial charge is 0.409 e. The summed E-state index contributed by atoms with van der Waals surface area (Å²) < 4.78 is 18.8. The Bertz CT molecular complexity index is 1020. The number of H-pyrrole nitrogens is 1. The van der Waals surface area contributed by atoms with Crippen molar-refractivity contribution in [3.63, 3.8) is 0 Å². The first-order chi connectivity index (χ1) is 15.5. The van der Waals surface area contributed by atoms with E-state index < -0.39 is 6.04 Å². The number of hydrogen-bond acceptors (Lipinski definition) is 4. The molecule has 2 aliphatic heterocycles. The SMILES string of the molecule is COC(=O)N1C[C@H](c2c[nH]c3cc(F)ccc23)[C@@H]2[C@H]1CCN2C(=O)[C@@H](N)C1CCCCC1. The molecule has 7 nitrogen and oxygen atoms in total. The van der Waals surface area contributed by atoms with Crippen LogP contribution in [0.25, 0.3) is 10.9 Å². The molecule has 1 aromatic heterocycles. The van der Waals surface area contributed by atoms with Gasteiger partial charge in [0.25, 0.3) is 0 Å². The van der Waals surface area contributed by atoms with Crippen LogP contribution in [0.15, 0.2) is 24.4 Å². The Hall–Kier alpha value is -2.61. The number of methoxy groups -OCH3 is 1. The summed E-state index contributed by atoms with van der Waals surface area (Å²) in [6.07, 6.45) is 7.68. The maximum Gasteiger partial charge on any atom is 0.409 e. The third kappa shape index (κ3) is 3.45. The summed E-state index contributed by atoms with van der Waals surface area (Å²) in [5, 5.41) is 0.915. The highest BCUT2D eigenvalue weighted by molar-refractivity contribution is 5.86. The minimum absolute atomic E-state index is 0.00741. The molecule has 1 aliphatic carbocycles. The molecule has 0 bridgehead atoms. The highest BCUT2D eigenvalue weighted by Gasteiger charge is 2.53. The van der Waals surface area contributed by atoms with Gasteiger partial charge in [-0.2, -0.15) is 0 Å². The van der Waals surface area contributed by atoms with Crippen LogP contribution in [0.2, 0.25) is 0 Å². The molecule has 1 saturated carbocycles. The highest BCUT2D eigenvalue weighted by atomic mass is 19.1. The van der Waals surface area contributed by atoms with Crippen molar-refractivity contribution >= 4 is 22.9 Å². The number of rotatable bonds is 3. The van der Waals surface area contributed by atoms with E-state index in [1.54, 1.807) is 11.0 Å². The lowest BCUT2D eigenvalue weighted by atomic mass is 9.83. The Balaban J connectivity index is 1.48. The van der Waals surface area contributed by atoms with Gasteiger partial charge in [-0.3, -0.25) is 4.79 Å². The average molecular weight is 443 g/mol. The first-order valence-electron chi connectivity index (χ1n) is 11.7. The van der Waals surface area contributed by atoms with Crippen molar-refractivity contribution < 1.29 is 18.7 Å². The number of hydrogen-bond donors (Lipinski definition) is 2. The molecule has 2 saturated heterocycles. The molecule has 172 valence electrons. The largest absolute Gasteiger partial charge is 0.453 e. The molecule has 3 heterocycles. The molecule has 3 fully saturated rings. The number of fused-ring (bicyclic) bond motifs is 2. The summed E-state index contributed by atoms with van der Waals surface area (Å²) in [7, 11) is 1.38. The summed E-state index contributed by atoms with van der Waals surface area (Å²) in [6.45, 7) is 1.03. The maximum atomic E-state index is 13.7. The van der Waals surface area contributed by atoms with Gasteiger partial charge >= 0.3 is 6.09 Å². The van der Waals surface area contributed by atoms with Gasteiger partial charge in [-0.25, -0.2) is 9.18 Å². The molecule has 8 heteroatoms. The Morgan fingerprint density at radius 3 is 2.72 bits per heavy atom. The lowest BCUT2D eigenvalue weighted by Gasteiger charge is -2.34. The molecule has 1 aromatic carbocycles. The van der Waals surface area contributed by atoms with Gasteiger partial charge in [-0.15, -0.1) is 0 Å². The van der Waals surface area contributed by atoms with Crippen LogP contribution >= 0.6 is 0 Å². The Morgan fingerprint density at radius 2 is 1.97 bits per heavy atom. The van der Waals surface area contributed by atoms with Gasteiger partial charge in [0.2, 0.25) is 5.91 Å². The number of likely N-dealkylation sites (tertiary alicyclic amines) is 2. The summed E-state index contributed by atoms with van der Waals surface area (Å²) in [4.78, 5) is 32.9. The number of benzene rings is 1. The number of nitrogens with zero attached hydrogens (tertiary/aromatic N) is 2. The molecule has 3 N–H and O–H groups in total. The minimum atomic E-state index is -0.501. The van der Waals surface area contributed by atoms with Crippen molar-refractivity contribution in [3.05, 3.63) is 35.8 Å². The third-order valence-corrected chi connectivity index (χ3v) is 7.84. The van der Waals surface area contributed by atoms with Gasteiger partial charge < -0.3 is 25.3 Å². The second-order valence-corrected chi connectivity index (χ2v) is 9.46. The number of carbonyl (C=O) groups excluding carboxylic acids is 2. The quantitative estimate of drug-likeness (QED) is 0.763. The first kappa shape index (κ1) is 21.2. The summed E-state index contributed by atoms with van der Waals surface area (Å²) in [6, 6.07) is 3.90. The molecule has 4 atom stereocenters. The summed E-state index contributed by atoms with van der Waals surface area (Å²) in [5.74, 6) is -0.180. The molecular weight excluding hydrogens is 411 g/mol. The molecule has 0 spiro atoms. The number of aromatic nitrogens is 1. The fourth-order valence-electron chi connectivity index (χ4n) is 6.26. The molecule has 2 aromatic rings. The zero-order valence-corrected chi connectivity index (χ0v) is 18.4. The number of aromatic amines is 1. The van der Waals surface area contributed by atoms with E-state index in [4.69, 9.17) is 10.5 Å². The van der Waals surface area contributed by atoms with Gasteiger partial charge in [0.1, 0.15) is 5.82 Å². The van der Waals surface area contributed by atoms with Gasteiger partial charge in [0.05, 0.1) is 25.2 Å².